The van der Waals surface area contributed by atoms with Crippen LogP contribution in [0.2, 0.25) is 0 Å². The van der Waals surface area contributed by atoms with Crippen molar-refractivity contribution in [1.82, 2.24) is 10.6 Å². The standard InChI is InChI=1S/C14H28N2O2/c1-10(2)12-8-11(6-7-18-12)16-9-14(3,4)13(17)15-5/h10-12,16H,6-9H2,1-5H3,(H,15,17). The van der Waals surface area contributed by atoms with Crippen molar-refractivity contribution in [3.63, 3.8) is 0 Å². The highest BCUT2D eigenvalue weighted by Crippen LogP contribution is 2.21. The molecule has 2 N–H and O–H groups in total. The molecule has 18 heavy (non-hydrogen) atoms. The van der Waals surface area contributed by atoms with Gasteiger partial charge >= 0.3 is 0 Å². The van der Waals surface area contributed by atoms with Crippen LogP contribution in [0, 0.1) is 11.3 Å². The van der Waals surface area contributed by atoms with Crippen LogP contribution in [-0.2, 0) is 9.53 Å². The number of carbonyl (C=O) groups is 1. The quantitative estimate of drug-likeness (QED) is 0.785. The van der Waals surface area contributed by atoms with Crippen LogP contribution in [0.5, 0.6) is 0 Å². The molecule has 1 fully saturated rings. The molecule has 2 atom stereocenters. The zero-order chi connectivity index (χ0) is 13.8. The zero-order valence-corrected chi connectivity index (χ0v) is 12.4. The van der Waals surface area contributed by atoms with E-state index in [2.05, 4.69) is 24.5 Å². The van der Waals surface area contributed by atoms with Crippen LogP contribution in [0.1, 0.15) is 40.5 Å². The molecular weight excluding hydrogens is 228 g/mol. The molecule has 0 aromatic heterocycles. The van der Waals surface area contributed by atoms with Gasteiger partial charge in [0.05, 0.1) is 11.5 Å². The highest BCUT2D eigenvalue weighted by atomic mass is 16.5. The van der Waals surface area contributed by atoms with Gasteiger partial charge in [-0.05, 0) is 32.6 Å². The Balaban J connectivity index is 2.41. The Morgan fingerprint density at radius 2 is 2.11 bits per heavy atom. The van der Waals surface area contributed by atoms with Gasteiger partial charge < -0.3 is 15.4 Å². The Bertz CT molecular complexity index is 277. The van der Waals surface area contributed by atoms with Crippen LogP contribution >= 0.6 is 0 Å². The van der Waals surface area contributed by atoms with Gasteiger partial charge in [0.15, 0.2) is 0 Å². The van der Waals surface area contributed by atoms with E-state index in [-0.39, 0.29) is 11.3 Å². The molecule has 2 unspecified atom stereocenters. The lowest BCUT2D eigenvalue weighted by atomic mass is 9.90. The van der Waals surface area contributed by atoms with E-state index in [4.69, 9.17) is 4.74 Å². The van der Waals surface area contributed by atoms with Gasteiger partial charge in [0.25, 0.3) is 0 Å². The minimum absolute atomic E-state index is 0.0856. The van der Waals surface area contributed by atoms with Gasteiger partial charge in [-0.3, -0.25) is 4.79 Å². The first-order valence-electron chi connectivity index (χ1n) is 6.94. The number of hydrogen-bond acceptors (Lipinski definition) is 3. The molecule has 0 bridgehead atoms. The SMILES string of the molecule is CNC(=O)C(C)(C)CNC1CCOC(C(C)C)C1. The van der Waals surface area contributed by atoms with Crippen LogP contribution in [0.4, 0.5) is 0 Å². The maximum Gasteiger partial charge on any atom is 0.226 e. The Morgan fingerprint density at radius 3 is 2.67 bits per heavy atom. The Hall–Kier alpha value is -0.610. The number of carbonyl (C=O) groups excluding carboxylic acids is 1. The van der Waals surface area contributed by atoms with E-state index < -0.39 is 0 Å². The molecule has 0 aromatic rings. The van der Waals surface area contributed by atoms with E-state index >= 15 is 0 Å². The molecule has 1 heterocycles. The number of hydrogen-bond donors (Lipinski definition) is 2. The highest BCUT2D eigenvalue weighted by molar-refractivity contribution is 5.81. The summed E-state index contributed by atoms with van der Waals surface area (Å²) in [6, 6.07) is 0.468. The number of amides is 1. The molecule has 1 saturated heterocycles. The minimum atomic E-state index is -0.361. The molecule has 0 radical (unpaired) electrons. The fraction of sp³-hybridized carbons (Fsp3) is 0.929. The maximum absolute atomic E-state index is 11.7. The Morgan fingerprint density at radius 1 is 1.44 bits per heavy atom. The lowest BCUT2D eigenvalue weighted by Crippen LogP contribution is -2.48. The molecule has 1 aliphatic heterocycles. The van der Waals surface area contributed by atoms with Crippen molar-refractivity contribution >= 4 is 5.91 Å². The molecule has 4 nitrogen and oxygen atoms in total. The van der Waals surface area contributed by atoms with E-state index in [9.17, 15) is 4.79 Å². The van der Waals surface area contributed by atoms with E-state index in [1.807, 2.05) is 13.8 Å². The Kier molecular flexibility index (Phi) is 5.60. The maximum atomic E-state index is 11.7. The van der Waals surface area contributed by atoms with Crippen LogP contribution in [0.15, 0.2) is 0 Å². The average molecular weight is 256 g/mol. The zero-order valence-electron chi connectivity index (χ0n) is 12.4. The van der Waals surface area contributed by atoms with Crippen molar-refractivity contribution in [1.29, 1.82) is 0 Å². The molecule has 106 valence electrons. The van der Waals surface area contributed by atoms with Crippen molar-refractivity contribution in [3.8, 4) is 0 Å². The molecule has 1 rings (SSSR count). The first kappa shape index (κ1) is 15.4. The van der Waals surface area contributed by atoms with Gasteiger partial charge in [-0.15, -0.1) is 0 Å². The highest BCUT2D eigenvalue weighted by Gasteiger charge is 2.29. The van der Waals surface area contributed by atoms with Gasteiger partial charge in [-0.2, -0.15) is 0 Å². The fourth-order valence-electron chi connectivity index (χ4n) is 2.30. The van der Waals surface area contributed by atoms with Crippen molar-refractivity contribution in [2.75, 3.05) is 20.2 Å². The molecule has 0 saturated carbocycles. The minimum Gasteiger partial charge on any atom is -0.378 e. The smallest absolute Gasteiger partial charge is 0.226 e. The van der Waals surface area contributed by atoms with Gasteiger partial charge in [0.2, 0.25) is 5.91 Å². The van der Waals surface area contributed by atoms with Crippen molar-refractivity contribution in [2.24, 2.45) is 11.3 Å². The number of rotatable bonds is 5. The van der Waals surface area contributed by atoms with Gasteiger partial charge in [-0.1, -0.05) is 13.8 Å². The van der Waals surface area contributed by atoms with Gasteiger partial charge in [-0.25, -0.2) is 0 Å². The third-order valence-corrected chi connectivity index (χ3v) is 3.73. The van der Waals surface area contributed by atoms with Crippen molar-refractivity contribution < 1.29 is 9.53 Å². The van der Waals surface area contributed by atoms with Gasteiger partial charge in [0.1, 0.15) is 0 Å². The Labute approximate surface area is 111 Å². The molecule has 1 amide bonds. The summed E-state index contributed by atoms with van der Waals surface area (Å²) < 4.78 is 5.75. The third-order valence-electron chi connectivity index (χ3n) is 3.73. The molecule has 0 spiro atoms. The number of nitrogens with one attached hydrogen (secondary N) is 2. The first-order valence-corrected chi connectivity index (χ1v) is 6.94. The van der Waals surface area contributed by atoms with Crippen LogP contribution in [-0.4, -0.2) is 38.3 Å². The first-order chi connectivity index (χ1) is 8.36. The summed E-state index contributed by atoms with van der Waals surface area (Å²) in [5, 5.41) is 6.24. The molecule has 0 aromatic carbocycles. The van der Waals surface area contributed by atoms with Crippen LogP contribution in [0.3, 0.4) is 0 Å². The predicted octanol–water partition coefficient (Wildman–Crippen LogP) is 1.55. The summed E-state index contributed by atoms with van der Waals surface area (Å²) in [6.45, 7) is 9.86. The van der Waals surface area contributed by atoms with E-state index in [0.29, 0.717) is 24.6 Å². The average Bonchev–Trinajstić information content (AvgIpc) is 2.35. The predicted molar refractivity (Wildman–Crippen MR) is 73.5 cm³/mol. The van der Waals surface area contributed by atoms with Crippen LogP contribution in [0.25, 0.3) is 0 Å². The molecule has 0 aliphatic carbocycles. The monoisotopic (exact) mass is 256 g/mol. The van der Waals surface area contributed by atoms with Crippen molar-refractivity contribution in [2.45, 2.75) is 52.7 Å². The fourth-order valence-corrected chi connectivity index (χ4v) is 2.30. The van der Waals surface area contributed by atoms with E-state index in [0.717, 1.165) is 19.4 Å². The second-order valence-electron chi connectivity index (χ2n) is 6.22. The summed E-state index contributed by atoms with van der Waals surface area (Å²) in [5.74, 6) is 0.643. The van der Waals surface area contributed by atoms with Crippen molar-refractivity contribution in [3.05, 3.63) is 0 Å². The summed E-state index contributed by atoms with van der Waals surface area (Å²) in [5.41, 5.74) is -0.361. The third kappa shape index (κ3) is 4.25. The summed E-state index contributed by atoms with van der Waals surface area (Å²) in [6.07, 6.45) is 2.42. The topological polar surface area (TPSA) is 50.4 Å². The molecule has 1 aliphatic rings. The number of ether oxygens (including phenoxy) is 1. The normalized spacial score (nSPS) is 25.2. The van der Waals surface area contributed by atoms with E-state index in [1.165, 1.54) is 0 Å². The van der Waals surface area contributed by atoms with E-state index in [1.54, 1.807) is 7.05 Å². The molecular formula is C14H28N2O2. The second-order valence-corrected chi connectivity index (χ2v) is 6.22. The molecule has 4 heteroatoms. The van der Waals surface area contributed by atoms with Crippen LogP contribution < -0.4 is 10.6 Å². The second kappa shape index (κ2) is 6.53. The summed E-state index contributed by atoms with van der Waals surface area (Å²) in [7, 11) is 1.69. The largest absolute Gasteiger partial charge is 0.378 e. The lowest BCUT2D eigenvalue weighted by Gasteiger charge is -2.34. The van der Waals surface area contributed by atoms with Gasteiger partial charge in [0, 0.05) is 26.2 Å². The summed E-state index contributed by atoms with van der Waals surface area (Å²) in [4.78, 5) is 11.7. The summed E-state index contributed by atoms with van der Waals surface area (Å²) >= 11 is 0. The lowest BCUT2D eigenvalue weighted by molar-refractivity contribution is -0.128.